The lowest BCUT2D eigenvalue weighted by Crippen LogP contribution is -2.10. The number of fused-ring (bicyclic) bond motifs is 1. The van der Waals surface area contributed by atoms with Crippen molar-refractivity contribution in [2.75, 3.05) is 5.43 Å². The van der Waals surface area contributed by atoms with Crippen LogP contribution in [0.5, 0.6) is 0 Å². The Hall–Kier alpha value is -2.47. The Morgan fingerprint density at radius 3 is 3.00 bits per heavy atom. The van der Waals surface area contributed by atoms with Crippen molar-refractivity contribution < 1.29 is 0 Å². The van der Waals surface area contributed by atoms with E-state index in [0.717, 1.165) is 4.88 Å². The number of H-pyrrole nitrogens is 1. The van der Waals surface area contributed by atoms with Gasteiger partial charge in [0.05, 0.1) is 17.1 Å². The van der Waals surface area contributed by atoms with Gasteiger partial charge in [-0.3, -0.25) is 9.78 Å². The summed E-state index contributed by atoms with van der Waals surface area (Å²) in [5, 5.41) is 6.57. The van der Waals surface area contributed by atoms with Crippen molar-refractivity contribution in [1.82, 2.24) is 9.97 Å². The zero-order valence-electron chi connectivity index (χ0n) is 9.83. The van der Waals surface area contributed by atoms with E-state index >= 15 is 0 Å². The van der Waals surface area contributed by atoms with Gasteiger partial charge in [-0.05, 0) is 23.6 Å². The van der Waals surface area contributed by atoms with Crippen molar-refractivity contribution in [1.29, 1.82) is 0 Å². The number of thiophene rings is 1. The largest absolute Gasteiger partial charge is 0.291 e. The molecule has 0 saturated carbocycles. The van der Waals surface area contributed by atoms with Gasteiger partial charge in [-0.15, -0.1) is 11.3 Å². The lowest BCUT2D eigenvalue weighted by Gasteiger charge is -2.00. The van der Waals surface area contributed by atoms with Crippen molar-refractivity contribution in [3.63, 3.8) is 0 Å². The van der Waals surface area contributed by atoms with Crippen molar-refractivity contribution in [3.05, 3.63) is 57.0 Å². The van der Waals surface area contributed by atoms with E-state index in [1.807, 2.05) is 23.6 Å². The van der Waals surface area contributed by atoms with Gasteiger partial charge in [-0.2, -0.15) is 5.10 Å². The number of anilines is 1. The summed E-state index contributed by atoms with van der Waals surface area (Å²) in [5.41, 5.74) is 3.18. The second-order valence-corrected chi connectivity index (χ2v) is 4.80. The number of hydrazone groups is 1. The topological polar surface area (TPSA) is 70.1 Å². The third-order valence-electron chi connectivity index (χ3n) is 2.52. The van der Waals surface area contributed by atoms with Crippen LogP contribution in [-0.4, -0.2) is 16.2 Å². The molecule has 0 atom stereocenters. The monoisotopic (exact) mass is 270 g/mol. The molecule has 0 unspecified atom stereocenters. The summed E-state index contributed by atoms with van der Waals surface area (Å²) < 4.78 is 0. The molecule has 0 fully saturated rings. The van der Waals surface area contributed by atoms with Gasteiger partial charge in [0.2, 0.25) is 5.95 Å². The average Bonchev–Trinajstić information content (AvgIpc) is 2.92. The second-order valence-electron chi connectivity index (χ2n) is 3.82. The molecule has 6 heteroatoms. The summed E-state index contributed by atoms with van der Waals surface area (Å²) in [5.74, 6) is 0.330. The highest BCUT2D eigenvalue weighted by Gasteiger charge is 2.01. The molecule has 0 radical (unpaired) electrons. The molecule has 0 aliphatic heterocycles. The highest BCUT2D eigenvalue weighted by Crippen LogP contribution is 2.08. The molecular formula is C13H10N4OS. The Morgan fingerprint density at radius 1 is 1.26 bits per heavy atom. The number of aromatic amines is 1. The van der Waals surface area contributed by atoms with E-state index in [-0.39, 0.29) is 5.56 Å². The van der Waals surface area contributed by atoms with Crippen molar-refractivity contribution >= 4 is 34.4 Å². The zero-order valence-corrected chi connectivity index (χ0v) is 10.6. The van der Waals surface area contributed by atoms with Crippen molar-refractivity contribution in [2.24, 2.45) is 5.10 Å². The van der Waals surface area contributed by atoms with E-state index in [4.69, 9.17) is 0 Å². The first kappa shape index (κ1) is 11.6. The van der Waals surface area contributed by atoms with E-state index < -0.39 is 0 Å². The van der Waals surface area contributed by atoms with Gasteiger partial charge in [-0.25, -0.2) is 10.4 Å². The van der Waals surface area contributed by atoms with E-state index in [0.29, 0.717) is 16.9 Å². The molecule has 0 amide bonds. The van der Waals surface area contributed by atoms with Crippen LogP contribution < -0.4 is 11.0 Å². The van der Waals surface area contributed by atoms with Crippen LogP contribution in [0.15, 0.2) is 51.7 Å². The number of rotatable bonds is 3. The molecule has 0 aliphatic rings. The molecular weight excluding hydrogens is 260 g/mol. The average molecular weight is 270 g/mol. The number of nitrogens with one attached hydrogen (secondary N) is 2. The smallest absolute Gasteiger partial charge is 0.260 e. The molecule has 2 aromatic heterocycles. The van der Waals surface area contributed by atoms with Crippen LogP contribution in [0, 0.1) is 0 Å². The Balaban J connectivity index is 1.87. The number of hydrogen-bond acceptors (Lipinski definition) is 5. The molecule has 1 aromatic carbocycles. The minimum Gasteiger partial charge on any atom is -0.291 e. The molecule has 2 N–H and O–H groups in total. The van der Waals surface area contributed by atoms with Gasteiger partial charge < -0.3 is 0 Å². The Labute approximate surface area is 112 Å². The fraction of sp³-hybridized carbons (Fsp3) is 0. The third-order valence-corrected chi connectivity index (χ3v) is 3.33. The normalized spacial score (nSPS) is 11.2. The van der Waals surface area contributed by atoms with E-state index in [1.165, 1.54) is 0 Å². The number of benzene rings is 1. The summed E-state index contributed by atoms with van der Waals surface area (Å²) in [6.45, 7) is 0. The number of para-hydroxylation sites is 1. The SMILES string of the molecule is O=c1[nH]c(NN=Cc2cccs2)nc2ccccc12. The second kappa shape index (κ2) is 5.03. The Bertz CT molecular complexity index is 777. The summed E-state index contributed by atoms with van der Waals surface area (Å²) in [6.07, 6.45) is 1.68. The standard InChI is InChI=1S/C13H10N4OS/c18-12-10-5-1-2-6-11(10)15-13(16-12)17-14-8-9-4-3-7-19-9/h1-8H,(H2,15,16,17,18). The molecule has 19 heavy (non-hydrogen) atoms. The fourth-order valence-corrected chi connectivity index (χ4v) is 2.25. The van der Waals surface area contributed by atoms with Gasteiger partial charge in [-0.1, -0.05) is 18.2 Å². The zero-order chi connectivity index (χ0) is 13.1. The molecule has 0 saturated heterocycles. The quantitative estimate of drug-likeness (QED) is 0.567. The molecule has 0 aliphatic carbocycles. The maximum atomic E-state index is 11.8. The predicted octanol–water partition coefficient (Wildman–Crippen LogP) is 2.43. The maximum Gasteiger partial charge on any atom is 0.260 e. The van der Waals surface area contributed by atoms with Crippen molar-refractivity contribution in [2.45, 2.75) is 0 Å². The molecule has 3 aromatic rings. The maximum absolute atomic E-state index is 11.8. The van der Waals surface area contributed by atoms with Crippen LogP contribution in [-0.2, 0) is 0 Å². The van der Waals surface area contributed by atoms with E-state index in [2.05, 4.69) is 20.5 Å². The van der Waals surface area contributed by atoms with Crippen molar-refractivity contribution in [3.8, 4) is 0 Å². The van der Waals surface area contributed by atoms with Crippen LogP contribution in [0.25, 0.3) is 10.9 Å². The van der Waals surface area contributed by atoms with Crippen LogP contribution in [0.4, 0.5) is 5.95 Å². The molecule has 0 spiro atoms. The van der Waals surface area contributed by atoms with Gasteiger partial charge in [0, 0.05) is 4.88 Å². The summed E-state index contributed by atoms with van der Waals surface area (Å²) in [4.78, 5) is 19.7. The molecule has 5 nitrogen and oxygen atoms in total. The minimum atomic E-state index is -0.181. The summed E-state index contributed by atoms with van der Waals surface area (Å²) in [7, 11) is 0. The number of aromatic nitrogens is 2. The van der Waals surface area contributed by atoms with Crippen LogP contribution in [0.3, 0.4) is 0 Å². The third kappa shape index (κ3) is 2.53. The molecule has 3 rings (SSSR count). The first-order valence-corrected chi connectivity index (χ1v) is 6.52. The predicted molar refractivity (Wildman–Crippen MR) is 77.9 cm³/mol. The van der Waals surface area contributed by atoms with Gasteiger partial charge in [0.1, 0.15) is 0 Å². The van der Waals surface area contributed by atoms with Crippen LogP contribution in [0.1, 0.15) is 4.88 Å². The first-order chi connectivity index (χ1) is 9.33. The molecule has 2 heterocycles. The summed E-state index contributed by atoms with van der Waals surface area (Å²) in [6, 6.07) is 11.1. The Morgan fingerprint density at radius 2 is 2.16 bits per heavy atom. The van der Waals surface area contributed by atoms with Crippen LogP contribution in [0.2, 0.25) is 0 Å². The lowest BCUT2D eigenvalue weighted by atomic mass is 10.2. The minimum absolute atomic E-state index is 0.181. The highest BCUT2D eigenvalue weighted by atomic mass is 32.1. The first-order valence-electron chi connectivity index (χ1n) is 5.64. The van der Waals surface area contributed by atoms with Gasteiger partial charge >= 0.3 is 0 Å². The lowest BCUT2D eigenvalue weighted by molar-refractivity contribution is 1.12. The molecule has 94 valence electrons. The highest BCUT2D eigenvalue weighted by molar-refractivity contribution is 7.11. The number of nitrogens with zero attached hydrogens (tertiary/aromatic N) is 2. The fourth-order valence-electron chi connectivity index (χ4n) is 1.66. The number of hydrogen-bond donors (Lipinski definition) is 2. The molecule has 0 bridgehead atoms. The van der Waals surface area contributed by atoms with E-state index in [9.17, 15) is 4.79 Å². The van der Waals surface area contributed by atoms with Gasteiger partial charge in [0.25, 0.3) is 5.56 Å². The van der Waals surface area contributed by atoms with E-state index in [1.54, 1.807) is 35.8 Å². The van der Waals surface area contributed by atoms with Crippen LogP contribution >= 0.6 is 11.3 Å². The van der Waals surface area contributed by atoms with Gasteiger partial charge in [0.15, 0.2) is 0 Å². The summed E-state index contributed by atoms with van der Waals surface area (Å²) >= 11 is 1.58. The Kier molecular flexibility index (Phi) is 3.07.